The van der Waals surface area contributed by atoms with Crippen LogP contribution in [-0.2, 0) is 6.42 Å². The van der Waals surface area contributed by atoms with E-state index in [-0.39, 0.29) is 11.9 Å². The maximum absolute atomic E-state index is 12.7. The molecule has 0 bridgehead atoms. The Bertz CT molecular complexity index is 790. The topological polar surface area (TPSA) is 47.6 Å². The van der Waals surface area contributed by atoms with Crippen LogP contribution < -0.4 is 14.8 Å². The molecule has 0 unspecified atom stereocenters. The maximum atomic E-state index is 12.7. The second-order valence-electron chi connectivity index (χ2n) is 6.10. The van der Waals surface area contributed by atoms with Gasteiger partial charge < -0.3 is 14.8 Å². The Labute approximate surface area is 145 Å². The lowest BCUT2D eigenvalue weighted by Gasteiger charge is -2.26. The highest BCUT2D eigenvalue weighted by Crippen LogP contribution is 2.38. The van der Waals surface area contributed by atoms with Crippen LogP contribution in [0.1, 0.15) is 40.4 Å². The summed E-state index contributed by atoms with van der Waals surface area (Å²) in [6, 6.07) is 11.7. The van der Waals surface area contributed by atoms with Gasteiger partial charge in [0.05, 0.1) is 11.1 Å². The van der Waals surface area contributed by atoms with Gasteiger partial charge in [-0.3, -0.25) is 4.79 Å². The molecule has 1 amide bonds. The largest absolute Gasteiger partial charge is 0.486 e. The molecule has 0 radical (unpaired) electrons. The van der Waals surface area contributed by atoms with Gasteiger partial charge in [-0.05, 0) is 42.5 Å². The van der Waals surface area contributed by atoms with Crippen molar-refractivity contribution < 1.29 is 14.3 Å². The second kappa shape index (κ2) is 6.36. The van der Waals surface area contributed by atoms with E-state index in [9.17, 15) is 4.79 Å². The molecular weight excluding hydrogens is 326 g/mol. The maximum Gasteiger partial charge on any atom is 0.251 e. The van der Waals surface area contributed by atoms with Crippen LogP contribution in [0.4, 0.5) is 0 Å². The lowest BCUT2D eigenvalue weighted by Crippen LogP contribution is -2.31. The summed E-state index contributed by atoms with van der Waals surface area (Å²) >= 11 is 6.23. The SMILES string of the molecule is O=C(N[C@@H]1CCCc2ccccc21)c1cc(Cl)c2c(c1)OCCO2. The summed E-state index contributed by atoms with van der Waals surface area (Å²) in [7, 11) is 0. The monoisotopic (exact) mass is 343 g/mol. The summed E-state index contributed by atoms with van der Waals surface area (Å²) in [6.45, 7) is 0.932. The molecule has 0 spiro atoms. The summed E-state index contributed by atoms with van der Waals surface area (Å²) in [6.07, 6.45) is 3.09. The van der Waals surface area contributed by atoms with E-state index in [4.69, 9.17) is 21.1 Å². The number of rotatable bonds is 2. The zero-order valence-electron chi connectivity index (χ0n) is 13.2. The molecule has 1 N–H and O–H groups in total. The second-order valence-corrected chi connectivity index (χ2v) is 6.51. The van der Waals surface area contributed by atoms with Gasteiger partial charge in [0.2, 0.25) is 0 Å². The van der Waals surface area contributed by atoms with Gasteiger partial charge in [0.25, 0.3) is 5.91 Å². The Kier molecular flexibility index (Phi) is 4.07. The van der Waals surface area contributed by atoms with Crippen LogP contribution in [0, 0.1) is 0 Å². The molecule has 0 saturated carbocycles. The molecule has 0 saturated heterocycles. The number of hydrogen-bond acceptors (Lipinski definition) is 3. The third-order valence-corrected chi connectivity index (χ3v) is 4.81. The first-order chi connectivity index (χ1) is 11.7. The van der Waals surface area contributed by atoms with Crippen LogP contribution in [0.15, 0.2) is 36.4 Å². The van der Waals surface area contributed by atoms with Crippen molar-refractivity contribution in [3.05, 3.63) is 58.1 Å². The molecule has 2 aliphatic rings. The Balaban J connectivity index is 1.58. The average Bonchev–Trinajstić information content (AvgIpc) is 2.62. The Morgan fingerprint density at radius 3 is 2.92 bits per heavy atom. The highest BCUT2D eigenvalue weighted by Gasteiger charge is 2.24. The molecule has 24 heavy (non-hydrogen) atoms. The number of halogens is 1. The molecule has 1 aliphatic heterocycles. The fraction of sp³-hybridized carbons (Fsp3) is 0.316. The van der Waals surface area contributed by atoms with E-state index in [1.807, 2.05) is 12.1 Å². The number of fused-ring (bicyclic) bond motifs is 2. The molecular formula is C19H18ClNO3. The van der Waals surface area contributed by atoms with Crippen LogP contribution in [-0.4, -0.2) is 19.1 Å². The zero-order valence-corrected chi connectivity index (χ0v) is 13.9. The third-order valence-electron chi connectivity index (χ3n) is 4.53. The van der Waals surface area contributed by atoms with Crippen molar-refractivity contribution in [3.8, 4) is 11.5 Å². The molecule has 1 heterocycles. The molecule has 1 aliphatic carbocycles. The van der Waals surface area contributed by atoms with Gasteiger partial charge in [-0.15, -0.1) is 0 Å². The van der Waals surface area contributed by atoms with Gasteiger partial charge in [0.1, 0.15) is 13.2 Å². The molecule has 124 valence electrons. The predicted molar refractivity (Wildman–Crippen MR) is 92.0 cm³/mol. The minimum absolute atomic E-state index is 0.0365. The van der Waals surface area contributed by atoms with Crippen molar-refractivity contribution >= 4 is 17.5 Å². The van der Waals surface area contributed by atoms with E-state index in [0.29, 0.717) is 35.3 Å². The van der Waals surface area contributed by atoms with E-state index in [2.05, 4.69) is 17.4 Å². The summed E-state index contributed by atoms with van der Waals surface area (Å²) in [4.78, 5) is 12.7. The summed E-state index contributed by atoms with van der Waals surface area (Å²) < 4.78 is 11.0. The minimum Gasteiger partial charge on any atom is -0.486 e. The number of carbonyl (C=O) groups excluding carboxylic acids is 1. The van der Waals surface area contributed by atoms with E-state index in [1.54, 1.807) is 12.1 Å². The van der Waals surface area contributed by atoms with Gasteiger partial charge in [-0.2, -0.15) is 0 Å². The fourth-order valence-corrected chi connectivity index (χ4v) is 3.65. The van der Waals surface area contributed by atoms with Crippen molar-refractivity contribution in [1.29, 1.82) is 0 Å². The van der Waals surface area contributed by atoms with E-state index >= 15 is 0 Å². The standard InChI is InChI=1S/C19H18ClNO3/c20-15-10-13(11-17-18(15)24-9-8-23-17)19(22)21-16-7-3-5-12-4-1-2-6-14(12)16/h1-2,4,6,10-11,16H,3,5,7-9H2,(H,21,22)/t16-/m1/s1. The normalized spacial score (nSPS) is 18.6. The van der Waals surface area contributed by atoms with E-state index < -0.39 is 0 Å². The van der Waals surface area contributed by atoms with Crippen molar-refractivity contribution in [2.45, 2.75) is 25.3 Å². The number of carbonyl (C=O) groups is 1. The van der Waals surface area contributed by atoms with E-state index in [0.717, 1.165) is 19.3 Å². The van der Waals surface area contributed by atoms with Gasteiger partial charge >= 0.3 is 0 Å². The molecule has 4 nitrogen and oxygen atoms in total. The molecule has 1 atom stereocenters. The molecule has 4 rings (SSSR count). The van der Waals surface area contributed by atoms with Gasteiger partial charge in [-0.1, -0.05) is 35.9 Å². The molecule has 0 aromatic heterocycles. The third kappa shape index (κ3) is 2.82. The van der Waals surface area contributed by atoms with Crippen molar-refractivity contribution in [3.63, 3.8) is 0 Å². The van der Waals surface area contributed by atoms with Gasteiger partial charge in [0, 0.05) is 5.56 Å². The Morgan fingerprint density at radius 2 is 2.00 bits per heavy atom. The van der Waals surface area contributed by atoms with E-state index in [1.165, 1.54) is 11.1 Å². The number of ether oxygens (including phenoxy) is 2. The summed E-state index contributed by atoms with van der Waals surface area (Å²) in [5.41, 5.74) is 3.02. The van der Waals surface area contributed by atoms with Crippen LogP contribution >= 0.6 is 11.6 Å². The highest BCUT2D eigenvalue weighted by atomic mass is 35.5. The smallest absolute Gasteiger partial charge is 0.251 e. The fourth-order valence-electron chi connectivity index (χ4n) is 3.39. The molecule has 5 heteroatoms. The highest BCUT2D eigenvalue weighted by molar-refractivity contribution is 6.32. The Hall–Kier alpha value is -2.20. The number of nitrogens with one attached hydrogen (secondary N) is 1. The molecule has 2 aromatic carbocycles. The van der Waals surface area contributed by atoms with Crippen LogP contribution in [0.25, 0.3) is 0 Å². The average molecular weight is 344 g/mol. The molecule has 0 fully saturated rings. The number of aryl methyl sites for hydroxylation is 1. The van der Waals surface area contributed by atoms with Crippen LogP contribution in [0.3, 0.4) is 0 Å². The number of amides is 1. The van der Waals surface area contributed by atoms with Crippen LogP contribution in [0.2, 0.25) is 5.02 Å². The first kappa shape index (κ1) is 15.3. The zero-order chi connectivity index (χ0) is 16.5. The lowest BCUT2D eigenvalue weighted by atomic mass is 9.87. The Morgan fingerprint density at radius 1 is 1.17 bits per heavy atom. The molecule has 2 aromatic rings. The van der Waals surface area contributed by atoms with Gasteiger partial charge in [-0.25, -0.2) is 0 Å². The lowest BCUT2D eigenvalue weighted by molar-refractivity contribution is 0.0931. The van der Waals surface area contributed by atoms with Crippen LogP contribution in [0.5, 0.6) is 11.5 Å². The first-order valence-corrected chi connectivity index (χ1v) is 8.58. The number of hydrogen-bond donors (Lipinski definition) is 1. The van der Waals surface area contributed by atoms with Crippen molar-refractivity contribution in [2.24, 2.45) is 0 Å². The summed E-state index contributed by atoms with van der Waals surface area (Å²) in [5, 5.41) is 3.54. The van der Waals surface area contributed by atoms with Crippen molar-refractivity contribution in [2.75, 3.05) is 13.2 Å². The quantitative estimate of drug-likeness (QED) is 0.899. The van der Waals surface area contributed by atoms with Crippen molar-refractivity contribution in [1.82, 2.24) is 5.32 Å². The minimum atomic E-state index is -0.143. The summed E-state index contributed by atoms with van der Waals surface area (Å²) in [5.74, 6) is 0.904. The van der Waals surface area contributed by atoms with Gasteiger partial charge in [0.15, 0.2) is 11.5 Å². The number of benzene rings is 2. The first-order valence-electron chi connectivity index (χ1n) is 8.20. The predicted octanol–water partition coefficient (Wildman–Crippen LogP) is 3.92.